The lowest BCUT2D eigenvalue weighted by molar-refractivity contribution is -0.137. The van der Waals surface area contributed by atoms with Crippen LogP contribution in [0.5, 0.6) is 5.75 Å². The van der Waals surface area contributed by atoms with E-state index in [1.807, 2.05) is 0 Å². The Kier molecular flexibility index (Phi) is 9.04. The van der Waals surface area contributed by atoms with Gasteiger partial charge in [0.05, 0.1) is 18.8 Å². The van der Waals surface area contributed by atoms with E-state index in [9.17, 15) is 14.4 Å². The van der Waals surface area contributed by atoms with Gasteiger partial charge in [-0.15, -0.1) is 0 Å². The predicted molar refractivity (Wildman–Crippen MR) is 101 cm³/mol. The molecule has 1 fully saturated rings. The molecule has 152 valence electrons. The average molecular weight is 390 g/mol. The highest BCUT2D eigenvalue weighted by Crippen LogP contribution is 2.22. The first-order chi connectivity index (χ1) is 13.6. The van der Waals surface area contributed by atoms with Gasteiger partial charge in [0, 0.05) is 6.08 Å². The van der Waals surface area contributed by atoms with Crippen LogP contribution in [0, 0.1) is 0 Å². The Balaban J connectivity index is 1.65. The molecule has 0 saturated heterocycles. The Labute approximate surface area is 164 Å². The Morgan fingerprint density at radius 3 is 2.25 bits per heavy atom. The number of hydrogen-bond donors (Lipinski definition) is 0. The summed E-state index contributed by atoms with van der Waals surface area (Å²) in [5.41, 5.74) is 0.417. The van der Waals surface area contributed by atoms with Gasteiger partial charge in [-0.3, -0.25) is 0 Å². The van der Waals surface area contributed by atoms with E-state index in [0.29, 0.717) is 18.4 Å². The predicted octanol–water partition coefficient (Wildman–Crippen LogP) is 4.20. The summed E-state index contributed by atoms with van der Waals surface area (Å²) in [4.78, 5) is 34.6. The topological polar surface area (TPSA) is 88.1 Å². The van der Waals surface area contributed by atoms with Gasteiger partial charge in [-0.25, -0.2) is 14.4 Å². The van der Waals surface area contributed by atoms with Crippen LogP contribution in [0.4, 0.5) is 4.79 Å². The molecule has 28 heavy (non-hydrogen) atoms. The number of carbonyl (C=O) groups is 3. The summed E-state index contributed by atoms with van der Waals surface area (Å²) < 4.78 is 20.3. The quantitative estimate of drug-likeness (QED) is 0.205. The van der Waals surface area contributed by atoms with Crippen LogP contribution >= 0.6 is 0 Å². The first-order valence-corrected chi connectivity index (χ1v) is 9.53. The molecular formula is C21H26O7. The Hall–Kier alpha value is -2.83. The molecule has 0 radical (unpaired) electrons. The van der Waals surface area contributed by atoms with Gasteiger partial charge < -0.3 is 18.9 Å². The minimum atomic E-state index is -0.833. The molecule has 1 aliphatic rings. The van der Waals surface area contributed by atoms with Gasteiger partial charge in [-0.1, -0.05) is 13.0 Å². The molecule has 0 aliphatic heterocycles. The van der Waals surface area contributed by atoms with Crippen LogP contribution in [-0.4, -0.2) is 37.4 Å². The summed E-state index contributed by atoms with van der Waals surface area (Å²) in [6.45, 7) is 3.68. The van der Waals surface area contributed by atoms with Gasteiger partial charge in [-0.05, 0) is 62.8 Å². The van der Waals surface area contributed by atoms with Crippen molar-refractivity contribution in [1.29, 1.82) is 0 Å². The van der Waals surface area contributed by atoms with Crippen molar-refractivity contribution in [2.75, 3.05) is 13.2 Å². The number of rotatable bonds is 9. The summed E-state index contributed by atoms with van der Waals surface area (Å²) in [5, 5.41) is 0. The molecule has 0 unspecified atom stereocenters. The number of benzene rings is 1. The molecule has 0 amide bonds. The zero-order valence-electron chi connectivity index (χ0n) is 15.9. The van der Waals surface area contributed by atoms with E-state index >= 15 is 0 Å². The van der Waals surface area contributed by atoms with Crippen LogP contribution in [0.15, 0.2) is 36.9 Å². The van der Waals surface area contributed by atoms with Gasteiger partial charge in [0.15, 0.2) is 0 Å². The second kappa shape index (κ2) is 11.8. The van der Waals surface area contributed by atoms with Gasteiger partial charge >= 0.3 is 18.1 Å². The molecule has 1 aromatic carbocycles. The van der Waals surface area contributed by atoms with Crippen molar-refractivity contribution in [3.05, 3.63) is 42.5 Å². The number of esters is 2. The van der Waals surface area contributed by atoms with Crippen molar-refractivity contribution < 1.29 is 33.3 Å². The number of ether oxygens (including phenoxy) is 4. The molecule has 7 nitrogen and oxygen atoms in total. The fraction of sp³-hybridized carbons (Fsp3) is 0.476. The summed E-state index contributed by atoms with van der Waals surface area (Å²) >= 11 is 0. The monoisotopic (exact) mass is 390 g/mol. The molecule has 2 rings (SSSR count). The molecule has 7 heteroatoms. The van der Waals surface area contributed by atoms with E-state index in [0.717, 1.165) is 31.8 Å². The average Bonchev–Trinajstić information content (AvgIpc) is 2.71. The van der Waals surface area contributed by atoms with Crippen LogP contribution in [0.1, 0.15) is 55.3 Å². The van der Waals surface area contributed by atoms with Crippen molar-refractivity contribution in [1.82, 2.24) is 0 Å². The van der Waals surface area contributed by atoms with Crippen molar-refractivity contribution in [3.63, 3.8) is 0 Å². The Morgan fingerprint density at radius 2 is 1.61 bits per heavy atom. The van der Waals surface area contributed by atoms with Crippen molar-refractivity contribution >= 4 is 18.1 Å². The third-order valence-electron chi connectivity index (χ3n) is 4.29. The summed E-state index contributed by atoms with van der Waals surface area (Å²) in [5.74, 6) is -0.566. The zero-order valence-corrected chi connectivity index (χ0v) is 15.9. The highest BCUT2D eigenvalue weighted by Gasteiger charge is 2.18. The van der Waals surface area contributed by atoms with E-state index in [1.54, 1.807) is 12.1 Å². The SMILES string of the molecule is C=CC(=O)OCCCCOC(=O)Oc1ccc(C(=O)OC2CCCCC2)cc1. The molecule has 1 aliphatic carbocycles. The molecule has 0 atom stereocenters. The summed E-state index contributed by atoms with van der Waals surface area (Å²) in [6.07, 6.45) is 6.54. The zero-order chi connectivity index (χ0) is 20.2. The maximum Gasteiger partial charge on any atom is 0.513 e. The molecule has 0 bridgehead atoms. The fourth-order valence-electron chi connectivity index (χ4n) is 2.78. The lowest BCUT2D eigenvalue weighted by Crippen LogP contribution is -2.20. The minimum Gasteiger partial charge on any atom is -0.463 e. The lowest BCUT2D eigenvalue weighted by Gasteiger charge is -2.21. The van der Waals surface area contributed by atoms with Crippen LogP contribution in [-0.2, 0) is 19.0 Å². The number of unbranched alkanes of at least 4 members (excludes halogenated alkanes) is 1. The van der Waals surface area contributed by atoms with E-state index in [-0.39, 0.29) is 31.0 Å². The van der Waals surface area contributed by atoms with E-state index < -0.39 is 12.1 Å². The van der Waals surface area contributed by atoms with Gasteiger partial charge in [0.2, 0.25) is 0 Å². The van der Waals surface area contributed by atoms with Crippen molar-refractivity contribution in [3.8, 4) is 5.75 Å². The normalized spacial score (nSPS) is 14.0. The highest BCUT2D eigenvalue weighted by molar-refractivity contribution is 5.89. The summed E-state index contributed by atoms with van der Waals surface area (Å²) in [6, 6.07) is 6.16. The van der Waals surface area contributed by atoms with Gasteiger partial charge in [-0.2, -0.15) is 0 Å². The first-order valence-electron chi connectivity index (χ1n) is 9.53. The maximum atomic E-state index is 12.1. The summed E-state index contributed by atoms with van der Waals surface area (Å²) in [7, 11) is 0. The molecule has 0 aromatic heterocycles. The number of hydrogen-bond acceptors (Lipinski definition) is 7. The standard InChI is InChI=1S/C21H26O7/c1-2-19(22)25-14-6-7-15-26-21(24)28-18-12-10-16(11-13-18)20(23)27-17-8-4-3-5-9-17/h2,10-13,17H,1,3-9,14-15H2. The van der Waals surface area contributed by atoms with Crippen LogP contribution < -0.4 is 4.74 Å². The molecule has 0 spiro atoms. The first kappa shape index (κ1) is 21.5. The Bertz CT molecular complexity index is 660. The van der Waals surface area contributed by atoms with Crippen molar-refractivity contribution in [2.45, 2.75) is 51.0 Å². The maximum absolute atomic E-state index is 12.1. The third kappa shape index (κ3) is 7.82. The third-order valence-corrected chi connectivity index (χ3v) is 4.29. The Morgan fingerprint density at radius 1 is 0.964 bits per heavy atom. The molecule has 1 saturated carbocycles. The second-order valence-electron chi connectivity index (χ2n) is 6.47. The van der Waals surface area contributed by atoms with Crippen LogP contribution in [0.3, 0.4) is 0 Å². The second-order valence-corrected chi connectivity index (χ2v) is 6.47. The van der Waals surface area contributed by atoms with Crippen molar-refractivity contribution in [2.24, 2.45) is 0 Å². The van der Waals surface area contributed by atoms with Crippen LogP contribution in [0.25, 0.3) is 0 Å². The highest BCUT2D eigenvalue weighted by atomic mass is 16.7. The van der Waals surface area contributed by atoms with Gasteiger partial charge in [0.1, 0.15) is 11.9 Å². The largest absolute Gasteiger partial charge is 0.513 e. The molecular weight excluding hydrogens is 364 g/mol. The molecule has 0 heterocycles. The fourth-order valence-corrected chi connectivity index (χ4v) is 2.78. The minimum absolute atomic E-state index is 0.00699. The smallest absolute Gasteiger partial charge is 0.463 e. The van der Waals surface area contributed by atoms with E-state index in [2.05, 4.69) is 6.58 Å². The number of carbonyl (C=O) groups excluding carboxylic acids is 3. The van der Waals surface area contributed by atoms with Crippen LogP contribution in [0.2, 0.25) is 0 Å². The lowest BCUT2D eigenvalue weighted by atomic mass is 9.98. The molecule has 1 aromatic rings. The van der Waals surface area contributed by atoms with Gasteiger partial charge in [0.25, 0.3) is 0 Å². The van der Waals surface area contributed by atoms with E-state index in [1.165, 1.54) is 18.6 Å². The van der Waals surface area contributed by atoms with E-state index in [4.69, 9.17) is 18.9 Å². The molecule has 0 N–H and O–H groups in total.